The van der Waals surface area contributed by atoms with Crippen LogP contribution in [-0.4, -0.2) is 20.2 Å². The lowest BCUT2D eigenvalue weighted by Crippen LogP contribution is -2.22. The van der Waals surface area contributed by atoms with E-state index in [2.05, 4.69) is 5.32 Å². The maximum atomic E-state index is 12.8. The number of rotatable bonds is 5. The minimum absolute atomic E-state index is 0.177. The van der Waals surface area contributed by atoms with Gasteiger partial charge in [0.2, 0.25) is 0 Å². The molecule has 1 aromatic rings. The van der Waals surface area contributed by atoms with Crippen molar-refractivity contribution in [3.05, 3.63) is 35.4 Å². The lowest BCUT2D eigenvalue weighted by atomic mass is 10.0. The van der Waals surface area contributed by atoms with Gasteiger partial charge in [-0.15, -0.1) is 0 Å². The summed E-state index contributed by atoms with van der Waals surface area (Å²) in [7, 11) is 1.68. The van der Waals surface area contributed by atoms with Crippen molar-refractivity contribution in [1.29, 1.82) is 0 Å². The van der Waals surface area contributed by atoms with Gasteiger partial charge < -0.3 is 10.1 Å². The maximum Gasteiger partial charge on any atom is 0.416 e. The smallest absolute Gasteiger partial charge is 0.372 e. The standard InChI is InChI=1S/C12H16F3NO/c1-3-17-11(8-16-2)9-6-4-5-7-10(9)12(13,14)15/h4-7,11,16H,3,8H2,1-2H3. The van der Waals surface area contributed by atoms with Gasteiger partial charge in [-0.3, -0.25) is 0 Å². The van der Waals surface area contributed by atoms with Crippen LogP contribution in [0.2, 0.25) is 0 Å². The van der Waals surface area contributed by atoms with E-state index in [-0.39, 0.29) is 5.56 Å². The summed E-state index contributed by atoms with van der Waals surface area (Å²) in [6.07, 6.45) is -4.93. The molecule has 1 rings (SSSR count). The number of ether oxygens (including phenoxy) is 1. The van der Waals surface area contributed by atoms with E-state index in [1.807, 2.05) is 0 Å². The Labute approximate surface area is 98.8 Å². The summed E-state index contributed by atoms with van der Waals surface area (Å²) in [5, 5.41) is 2.84. The Morgan fingerprint density at radius 1 is 1.29 bits per heavy atom. The van der Waals surface area contributed by atoms with Crippen molar-refractivity contribution in [2.24, 2.45) is 0 Å². The molecule has 0 aliphatic heterocycles. The van der Waals surface area contributed by atoms with Gasteiger partial charge in [0.25, 0.3) is 0 Å². The lowest BCUT2D eigenvalue weighted by Gasteiger charge is -2.21. The molecular formula is C12H16F3NO. The fourth-order valence-electron chi connectivity index (χ4n) is 1.68. The number of hydrogen-bond donors (Lipinski definition) is 1. The highest BCUT2D eigenvalue weighted by atomic mass is 19.4. The van der Waals surface area contributed by atoms with Gasteiger partial charge in [0, 0.05) is 13.2 Å². The Morgan fingerprint density at radius 3 is 2.47 bits per heavy atom. The van der Waals surface area contributed by atoms with Gasteiger partial charge in [-0.05, 0) is 25.6 Å². The molecule has 1 aromatic carbocycles. The summed E-state index contributed by atoms with van der Waals surface area (Å²) in [5.41, 5.74) is -0.454. The molecule has 0 aliphatic carbocycles. The van der Waals surface area contributed by atoms with E-state index in [4.69, 9.17) is 4.74 Å². The van der Waals surface area contributed by atoms with E-state index in [1.54, 1.807) is 20.0 Å². The zero-order chi connectivity index (χ0) is 12.9. The Hall–Kier alpha value is -1.07. The Kier molecular flexibility index (Phi) is 4.96. The molecule has 0 saturated heterocycles. The zero-order valence-electron chi connectivity index (χ0n) is 9.84. The van der Waals surface area contributed by atoms with E-state index in [0.717, 1.165) is 6.07 Å². The third-order valence-electron chi connectivity index (χ3n) is 2.37. The number of benzene rings is 1. The largest absolute Gasteiger partial charge is 0.416 e. The minimum atomic E-state index is -4.35. The summed E-state index contributed by atoms with van der Waals surface area (Å²) < 4.78 is 43.8. The van der Waals surface area contributed by atoms with Crippen molar-refractivity contribution < 1.29 is 17.9 Å². The second-order valence-electron chi connectivity index (χ2n) is 3.59. The van der Waals surface area contributed by atoms with Gasteiger partial charge in [0.1, 0.15) is 0 Å². The first-order chi connectivity index (χ1) is 8.00. The molecule has 0 amide bonds. The maximum absolute atomic E-state index is 12.8. The first kappa shape index (κ1) is 14.0. The average Bonchev–Trinajstić information content (AvgIpc) is 2.28. The monoisotopic (exact) mass is 247 g/mol. The van der Waals surface area contributed by atoms with Crippen LogP contribution in [0.4, 0.5) is 13.2 Å². The molecule has 5 heteroatoms. The molecule has 0 radical (unpaired) electrons. The molecular weight excluding hydrogens is 231 g/mol. The van der Waals surface area contributed by atoms with Gasteiger partial charge in [0.05, 0.1) is 11.7 Å². The molecule has 0 spiro atoms. The normalized spacial score (nSPS) is 13.7. The molecule has 1 unspecified atom stereocenters. The molecule has 1 atom stereocenters. The van der Waals surface area contributed by atoms with E-state index >= 15 is 0 Å². The Bertz CT molecular complexity index is 346. The van der Waals surface area contributed by atoms with Crippen LogP contribution in [0.1, 0.15) is 24.2 Å². The highest BCUT2D eigenvalue weighted by Crippen LogP contribution is 2.35. The van der Waals surface area contributed by atoms with Crippen LogP contribution in [-0.2, 0) is 10.9 Å². The predicted molar refractivity (Wildman–Crippen MR) is 59.7 cm³/mol. The zero-order valence-corrected chi connectivity index (χ0v) is 9.84. The Balaban J connectivity index is 3.09. The van der Waals surface area contributed by atoms with Crippen LogP contribution in [0.25, 0.3) is 0 Å². The highest BCUT2D eigenvalue weighted by Gasteiger charge is 2.34. The second-order valence-corrected chi connectivity index (χ2v) is 3.59. The van der Waals surface area contributed by atoms with Gasteiger partial charge in [-0.25, -0.2) is 0 Å². The average molecular weight is 247 g/mol. The topological polar surface area (TPSA) is 21.3 Å². The van der Waals surface area contributed by atoms with E-state index in [1.165, 1.54) is 12.1 Å². The lowest BCUT2D eigenvalue weighted by molar-refractivity contribution is -0.139. The van der Waals surface area contributed by atoms with Crippen molar-refractivity contribution >= 4 is 0 Å². The first-order valence-corrected chi connectivity index (χ1v) is 5.43. The summed E-state index contributed by atoms with van der Waals surface area (Å²) in [6, 6.07) is 5.51. The number of halogens is 3. The summed E-state index contributed by atoms with van der Waals surface area (Å²) in [5.74, 6) is 0. The summed E-state index contributed by atoms with van der Waals surface area (Å²) in [6.45, 7) is 2.48. The van der Waals surface area contributed by atoms with Crippen molar-refractivity contribution in [2.75, 3.05) is 20.2 Å². The molecule has 0 aliphatic rings. The van der Waals surface area contributed by atoms with Crippen molar-refractivity contribution in [3.63, 3.8) is 0 Å². The fraction of sp³-hybridized carbons (Fsp3) is 0.500. The molecule has 2 nitrogen and oxygen atoms in total. The quantitative estimate of drug-likeness (QED) is 0.863. The molecule has 0 aromatic heterocycles. The molecule has 0 heterocycles. The molecule has 1 N–H and O–H groups in total. The molecule has 0 saturated carbocycles. The molecule has 0 fully saturated rings. The van der Waals surface area contributed by atoms with Gasteiger partial charge in [-0.1, -0.05) is 18.2 Å². The van der Waals surface area contributed by atoms with E-state index in [9.17, 15) is 13.2 Å². The Morgan fingerprint density at radius 2 is 1.94 bits per heavy atom. The fourth-order valence-corrected chi connectivity index (χ4v) is 1.68. The predicted octanol–water partition coefficient (Wildman–Crippen LogP) is 3.00. The second kappa shape index (κ2) is 6.02. The number of likely N-dealkylation sites (N-methyl/N-ethyl adjacent to an activating group) is 1. The van der Waals surface area contributed by atoms with Crippen molar-refractivity contribution in [1.82, 2.24) is 5.32 Å². The van der Waals surface area contributed by atoms with Crippen LogP contribution >= 0.6 is 0 Å². The summed E-state index contributed by atoms with van der Waals surface area (Å²) >= 11 is 0. The van der Waals surface area contributed by atoms with Crippen LogP contribution in [0.3, 0.4) is 0 Å². The molecule has 0 bridgehead atoms. The highest BCUT2D eigenvalue weighted by molar-refractivity contribution is 5.31. The third kappa shape index (κ3) is 3.71. The van der Waals surface area contributed by atoms with Gasteiger partial charge >= 0.3 is 6.18 Å². The number of nitrogens with one attached hydrogen (secondary N) is 1. The van der Waals surface area contributed by atoms with Crippen LogP contribution in [0.5, 0.6) is 0 Å². The van der Waals surface area contributed by atoms with Crippen LogP contribution in [0, 0.1) is 0 Å². The third-order valence-corrected chi connectivity index (χ3v) is 2.37. The number of hydrogen-bond acceptors (Lipinski definition) is 2. The van der Waals surface area contributed by atoms with Crippen molar-refractivity contribution in [3.8, 4) is 0 Å². The van der Waals surface area contributed by atoms with Gasteiger partial charge in [-0.2, -0.15) is 13.2 Å². The number of alkyl halides is 3. The summed E-state index contributed by atoms with van der Waals surface area (Å²) in [4.78, 5) is 0. The first-order valence-electron chi connectivity index (χ1n) is 5.43. The van der Waals surface area contributed by atoms with Crippen molar-refractivity contribution in [2.45, 2.75) is 19.2 Å². The molecule has 17 heavy (non-hydrogen) atoms. The minimum Gasteiger partial charge on any atom is -0.372 e. The molecule has 96 valence electrons. The van der Waals surface area contributed by atoms with E-state index < -0.39 is 17.8 Å². The van der Waals surface area contributed by atoms with Crippen LogP contribution in [0.15, 0.2) is 24.3 Å². The van der Waals surface area contributed by atoms with Gasteiger partial charge in [0.15, 0.2) is 0 Å². The van der Waals surface area contributed by atoms with E-state index in [0.29, 0.717) is 13.2 Å². The SMILES string of the molecule is CCOC(CNC)c1ccccc1C(F)(F)F. The van der Waals surface area contributed by atoms with Crippen LogP contribution < -0.4 is 5.32 Å².